The Balaban J connectivity index is 1.70. The molecule has 5 heteroatoms. The fraction of sp³-hybridized carbons (Fsp3) is 0.450. The molecule has 1 fully saturated rings. The molecular weight excluding hydrogens is 312 g/mol. The molecule has 1 aliphatic rings. The van der Waals surface area contributed by atoms with Gasteiger partial charge in [0.25, 0.3) is 0 Å². The predicted octanol–water partition coefficient (Wildman–Crippen LogP) is 3.13. The first-order valence-electron chi connectivity index (χ1n) is 9.03. The van der Waals surface area contributed by atoms with Gasteiger partial charge in [-0.2, -0.15) is 0 Å². The number of nitrogens with zero attached hydrogens (tertiary/aromatic N) is 3. The maximum atomic E-state index is 12.4. The highest BCUT2D eigenvalue weighted by molar-refractivity contribution is 5.79. The van der Waals surface area contributed by atoms with E-state index in [0.29, 0.717) is 5.92 Å². The van der Waals surface area contributed by atoms with Gasteiger partial charge in [0.05, 0.1) is 11.6 Å². The zero-order chi connectivity index (χ0) is 17.6. The number of carbonyl (C=O) groups is 1. The molecule has 2 aromatic rings. The lowest BCUT2D eigenvalue weighted by molar-refractivity contribution is -0.125. The highest BCUT2D eigenvalue weighted by atomic mass is 16.1. The standard InChI is InChI=1S/C20H26N4O/c1-15(2)12-21-20(25)17-9-6-10-24(13-17)19-11-18(22-14-23-19)16-7-4-3-5-8-16/h3-5,7-8,11,14-15,17H,6,9-10,12-13H2,1-2H3,(H,21,25). The number of benzene rings is 1. The molecular formula is C20H26N4O. The minimum atomic E-state index is 0.0302. The summed E-state index contributed by atoms with van der Waals surface area (Å²) < 4.78 is 0. The molecule has 132 valence electrons. The molecule has 1 saturated heterocycles. The van der Waals surface area contributed by atoms with Crippen molar-refractivity contribution in [1.29, 1.82) is 0 Å². The lowest BCUT2D eigenvalue weighted by Gasteiger charge is -2.33. The van der Waals surface area contributed by atoms with Crippen molar-refractivity contribution in [2.45, 2.75) is 26.7 Å². The van der Waals surface area contributed by atoms with Gasteiger partial charge in [0, 0.05) is 31.3 Å². The molecule has 1 N–H and O–H groups in total. The number of aromatic nitrogens is 2. The molecule has 1 aliphatic heterocycles. The summed E-state index contributed by atoms with van der Waals surface area (Å²) in [5.41, 5.74) is 1.99. The van der Waals surface area contributed by atoms with Crippen molar-refractivity contribution in [3.63, 3.8) is 0 Å². The zero-order valence-electron chi connectivity index (χ0n) is 15.0. The molecule has 25 heavy (non-hydrogen) atoms. The number of rotatable bonds is 5. The molecule has 0 spiro atoms. The molecule has 1 aromatic heterocycles. The molecule has 3 rings (SSSR count). The normalized spacial score (nSPS) is 17.6. The second-order valence-corrected chi connectivity index (χ2v) is 7.05. The Hall–Kier alpha value is -2.43. The minimum absolute atomic E-state index is 0.0302. The topological polar surface area (TPSA) is 58.1 Å². The highest BCUT2D eigenvalue weighted by Crippen LogP contribution is 2.25. The summed E-state index contributed by atoms with van der Waals surface area (Å²) >= 11 is 0. The Labute approximate surface area is 149 Å². The van der Waals surface area contributed by atoms with E-state index < -0.39 is 0 Å². The lowest BCUT2D eigenvalue weighted by Crippen LogP contribution is -2.44. The summed E-state index contributed by atoms with van der Waals surface area (Å²) in [6, 6.07) is 12.1. The first-order valence-corrected chi connectivity index (χ1v) is 9.03. The number of carbonyl (C=O) groups excluding carboxylic acids is 1. The van der Waals surface area contributed by atoms with E-state index >= 15 is 0 Å². The Morgan fingerprint density at radius 2 is 2.08 bits per heavy atom. The van der Waals surface area contributed by atoms with Gasteiger partial charge >= 0.3 is 0 Å². The van der Waals surface area contributed by atoms with Crippen molar-refractivity contribution in [3.8, 4) is 11.3 Å². The highest BCUT2D eigenvalue weighted by Gasteiger charge is 2.26. The summed E-state index contributed by atoms with van der Waals surface area (Å²) in [6.07, 6.45) is 3.56. The van der Waals surface area contributed by atoms with E-state index in [0.717, 1.165) is 49.6 Å². The van der Waals surface area contributed by atoms with Crippen LogP contribution in [-0.2, 0) is 4.79 Å². The van der Waals surface area contributed by atoms with Crippen LogP contribution in [0.15, 0.2) is 42.7 Å². The molecule has 1 atom stereocenters. The summed E-state index contributed by atoms with van der Waals surface area (Å²) in [6.45, 7) is 6.61. The van der Waals surface area contributed by atoms with Crippen molar-refractivity contribution < 1.29 is 4.79 Å². The van der Waals surface area contributed by atoms with Gasteiger partial charge in [0.15, 0.2) is 0 Å². The fourth-order valence-electron chi connectivity index (χ4n) is 3.14. The van der Waals surface area contributed by atoms with Gasteiger partial charge in [-0.15, -0.1) is 0 Å². The Bertz CT molecular complexity index is 702. The van der Waals surface area contributed by atoms with Crippen LogP contribution in [0.25, 0.3) is 11.3 Å². The summed E-state index contributed by atoms with van der Waals surface area (Å²) in [4.78, 5) is 23.4. The molecule has 0 aliphatic carbocycles. The smallest absolute Gasteiger partial charge is 0.224 e. The predicted molar refractivity (Wildman–Crippen MR) is 100 cm³/mol. The van der Waals surface area contributed by atoms with Crippen LogP contribution >= 0.6 is 0 Å². The SMILES string of the molecule is CC(C)CNC(=O)C1CCCN(c2cc(-c3ccccc3)ncn2)C1. The van der Waals surface area contributed by atoms with Crippen molar-refractivity contribution >= 4 is 11.7 Å². The maximum Gasteiger partial charge on any atom is 0.224 e. The maximum absolute atomic E-state index is 12.4. The largest absolute Gasteiger partial charge is 0.356 e. The lowest BCUT2D eigenvalue weighted by atomic mass is 9.97. The van der Waals surface area contributed by atoms with Gasteiger partial charge in [-0.05, 0) is 18.8 Å². The fourth-order valence-corrected chi connectivity index (χ4v) is 3.14. The van der Waals surface area contributed by atoms with E-state index in [-0.39, 0.29) is 11.8 Å². The second kappa shape index (κ2) is 8.10. The number of amides is 1. The number of anilines is 1. The van der Waals surface area contributed by atoms with Crippen molar-refractivity contribution in [1.82, 2.24) is 15.3 Å². The molecule has 5 nitrogen and oxygen atoms in total. The van der Waals surface area contributed by atoms with Gasteiger partial charge in [0.1, 0.15) is 12.1 Å². The molecule has 0 radical (unpaired) electrons. The van der Waals surface area contributed by atoms with E-state index in [4.69, 9.17) is 0 Å². The van der Waals surface area contributed by atoms with Crippen LogP contribution < -0.4 is 10.2 Å². The van der Waals surface area contributed by atoms with Crippen LogP contribution in [0.1, 0.15) is 26.7 Å². The average molecular weight is 338 g/mol. The van der Waals surface area contributed by atoms with Crippen molar-refractivity contribution in [2.24, 2.45) is 11.8 Å². The van der Waals surface area contributed by atoms with Crippen LogP contribution in [0.2, 0.25) is 0 Å². The third-order valence-electron chi connectivity index (χ3n) is 4.52. The van der Waals surface area contributed by atoms with Gasteiger partial charge in [-0.3, -0.25) is 4.79 Å². The Kier molecular flexibility index (Phi) is 5.64. The molecule has 1 unspecified atom stereocenters. The van der Waals surface area contributed by atoms with Crippen LogP contribution in [0.3, 0.4) is 0 Å². The van der Waals surface area contributed by atoms with E-state index in [1.807, 2.05) is 36.4 Å². The quantitative estimate of drug-likeness (QED) is 0.910. The van der Waals surface area contributed by atoms with E-state index in [9.17, 15) is 4.79 Å². The second-order valence-electron chi connectivity index (χ2n) is 7.05. The number of hydrogen-bond donors (Lipinski definition) is 1. The number of hydrogen-bond acceptors (Lipinski definition) is 4. The van der Waals surface area contributed by atoms with Gasteiger partial charge in [0.2, 0.25) is 5.91 Å². The molecule has 0 bridgehead atoms. The number of piperidine rings is 1. The van der Waals surface area contributed by atoms with Crippen molar-refractivity contribution in [2.75, 3.05) is 24.5 Å². The van der Waals surface area contributed by atoms with Gasteiger partial charge in [-0.25, -0.2) is 9.97 Å². The average Bonchev–Trinajstić information content (AvgIpc) is 2.67. The number of nitrogens with one attached hydrogen (secondary N) is 1. The molecule has 1 amide bonds. The van der Waals surface area contributed by atoms with Crippen LogP contribution in [0.5, 0.6) is 0 Å². The first kappa shape index (κ1) is 17.4. The third-order valence-corrected chi connectivity index (χ3v) is 4.52. The summed E-state index contributed by atoms with van der Waals surface area (Å²) in [5.74, 6) is 1.56. The molecule has 0 saturated carbocycles. The minimum Gasteiger partial charge on any atom is -0.356 e. The summed E-state index contributed by atoms with van der Waals surface area (Å²) in [5, 5.41) is 3.06. The van der Waals surface area contributed by atoms with E-state index in [1.165, 1.54) is 0 Å². The van der Waals surface area contributed by atoms with Crippen molar-refractivity contribution in [3.05, 3.63) is 42.7 Å². The van der Waals surface area contributed by atoms with Crippen LogP contribution in [0.4, 0.5) is 5.82 Å². The van der Waals surface area contributed by atoms with Crippen LogP contribution in [0, 0.1) is 11.8 Å². The van der Waals surface area contributed by atoms with Gasteiger partial charge < -0.3 is 10.2 Å². The monoisotopic (exact) mass is 338 g/mol. The third kappa shape index (κ3) is 4.56. The molecule has 1 aromatic carbocycles. The Morgan fingerprint density at radius 3 is 2.84 bits per heavy atom. The Morgan fingerprint density at radius 1 is 1.28 bits per heavy atom. The van der Waals surface area contributed by atoms with Gasteiger partial charge in [-0.1, -0.05) is 44.2 Å². The van der Waals surface area contributed by atoms with E-state index in [1.54, 1.807) is 6.33 Å². The summed E-state index contributed by atoms with van der Waals surface area (Å²) in [7, 11) is 0. The zero-order valence-corrected chi connectivity index (χ0v) is 15.0. The van der Waals surface area contributed by atoms with E-state index in [2.05, 4.69) is 34.0 Å². The molecule has 2 heterocycles. The first-order chi connectivity index (χ1) is 12.1. The van der Waals surface area contributed by atoms with Crippen LogP contribution in [-0.4, -0.2) is 35.5 Å².